The number of aromatic amines is 1. The monoisotopic (exact) mass is 438 g/mol. The molecule has 0 saturated carbocycles. The predicted molar refractivity (Wildman–Crippen MR) is 116 cm³/mol. The smallest absolute Gasteiger partial charge is 0.272 e. The van der Waals surface area contributed by atoms with Gasteiger partial charge in [0.05, 0.1) is 11.7 Å². The predicted octanol–water partition coefficient (Wildman–Crippen LogP) is 2.77. The number of ether oxygens (including phenoxy) is 3. The van der Waals surface area contributed by atoms with Crippen LogP contribution in [0.3, 0.4) is 0 Å². The zero-order valence-corrected chi connectivity index (χ0v) is 18.1. The van der Waals surface area contributed by atoms with Crippen LogP contribution in [0.25, 0.3) is 5.65 Å². The SMILES string of the molecule is CC(C)C(NC(=O)c1ccc2c(c1)OCO2)c1cc(=O)n2[nH]c(C3CCOCC3)cc2n1. The third-order valence-corrected chi connectivity index (χ3v) is 6.06. The molecule has 9 nitrogen and oxygen atoms in total. The third kappa shape index (κ3) is 3.84. The number of H-pyrrole nitrogens is 1. The van der Waals surface area contributed by atoms with Gasteiger partial charge in [-0.3, -0.25) is 14.7 Å². The lowest BCUT2D eigenvalue weighted by molar-refractivity contribution is 0.0844. The van der Waals surface area contributed by atoms with Crippen molar-refractivity contribution >= 4 is 11.6 Å². The number of nitrogens with one attached hydrogen (secondary N) is 2. The molecule has 1 aromatic carbocycles. The second-order valence-electron chi connectivity index (χ2n) is 8.57. The average molecular weight is 438 g/mol. The number of rotatable bonds is 5. The van der Waals surface area contributed by atoms with E-state index in [0.717, 1.165) is 31.7 Å². The minimum atomic E-state index is -0.424. The molecule has 2 aromatic heterocycles. The maximum atomic E-state index is 13.0. The lowest BCUT2D eigenvalue weighted by atomic mass is 9.97. The van der Waals surface area contributed by atoms with Gasteiger partial charge in [-0.05, 0) is 37.0 Å². The Labute approximate surface area is 184 Å². The molecule has 2 aliphatic rings. The molecule has 0 bridgehead atoms. The van der Waals surface area contributed by atoms with Gasteiger partial charge in [-0.1, -0.05) is 13.8 Å². The van der Waals surface area contributed by atoms with Crippen molar-refractivity contribution in [3.63, 3.8) is 0 Å². The number of fused-ring (bicyclic) bond motifs is 2. The van der Waals surface area contributed by atoms with Crippen LogP contribution in [0.5, 0.6) is 11.5 Å². The summed E-state index contributed by atoms with van der Waals surface area (Å²) >= 11 is 0. The number of hydrogen-bond donors (Lipinski definition) is 2. The van der Waals surface area contributed by atoms with E-state index in [1.165, 1.54) is 10.6 Å². The van der Waals surface area contributed by atoms with E-state index in [1.54, 1.807) is 18.2 Å². The van der Waals surface area contributed by atoms with E-state index in [9.17, 15) is 9.59 Å². The zero-order chi connectivity index (χ0) is 22.2. The highest BCUT2D eigenvalue weighted by Gasteiger charge is 2.25. The van der Waals surface area contributed by atoms with Crippen LogP contribution in [0, 0.1) is 5.92 Å². The molecular weight excluding hydrogens is 412 g/mol. The number of amides is 1. The first-order valence-electron chi connectivity index (χ1n) is 10.9. The van der Waals surface area contributed by atoms with Crippen LogP contribution in [0.4, 0.5) is 0 Å². The Bertz CT molecular complexity index is 1210. The Balaban J connectivity index is 1.43. The maximum Gasteiger partial charge on any atom is 0.272 e. The Morgan fingerprint density at radius 3 is 2.72 bits per heavy atom. The molecule has 0 radical (unpaired) electrons. The number of nitrogens with zero attached hydrogens (tertiary/aromatic N) is 2. The molecule has 1 unspecified atom stereocenters. The topological polar surface area (TPSA) is 107 Å². The van der Waals surface area contributed by atoms with Gasteiger partial charge in [0, 0.05) is 42.5 Å². The van der Waals surface area contributed by atoms with Gasteiger partial charge < -0.3 is 19.5 Å². The number of aromatic nitrogens is 3. The van der Waals surface area contributed by atoms with Crippen LogP contribution >= 0.6 is 0 Å². The van der Waals surface area contributed by atoms with Gasteiger partial charge in [-0.25, -0.2) is 9.50 Å². The maximum absolute atomic E-state index is 13.0. The van der Waals surface area contributed by atoms with Gasteiger partial charge in [0.15, 0.2) is 17.1 Å². The first kappa shape index (κ1) is 20.6. The van der Waals surface area contributed by atoms with E-state index in [1.807, 2.05) is 19.9 Å². The normalized spacial score (nSPS) is 17.1. The quantitative estimate of drug-likeness (QED) is 0.634. The van der Waals surface area contributed by atoms with Gasteiger partial charge in [0.1, 0.15) is 0 Å². The second-order valence-corrected chi connectivity index (χ2v) is 8.57. The fourth-order valence-electron chi connectivity index (χ4n) is 4.25. The van der Waals surface area contributed by atoms with E-state index in [2.05, 4.69) is 10.4 Å². The number of benzene rings is 1. The first-order valence-corrected chi connectivity index (χ1v) is 10.9. The largest absolute Gasteiger partial charge is 0.454 e. The number of carbonyl (C=O) groups is 1. The second kappa shape index (κ2) is 8.31. The summed E-state index contributed by atoms with van der Waals surface area (Å²) < 4.78 is 17.6. The highest BCUT2D eigenvalue weighted by atomic mass is 16.7. The standard InChI is InChI=1S/C23H26N4O5/c1-13(2)22(25-23(29)15-3-4-18-19(9-15)32-12-31-18)17-11-21(28)27-20(24-17)10-16(26-27)14-5-7-30-8-6-14/h3-4,9-11,13-14,22,26H,5-8,12H2,1-2H3,(H,25,29). The molecule has 0 aliphatic carbocycles. The summed E-state index contributed by atoms with van der Waals surface area (Å²) in [5.41, 5.74) is 2.33. The number of carbonyl (C=O) groups excluding carboxylic acids is 1. The van der Waals surface area contributed by atoms with E-state index in [-0.39, 0.29) is 24.2 Å². The van der Waals surface area contributed by atoms with Gasteiger partial charge in [0.2, 0.25) is 6.79 Å². The van der Waals surface area contributed by atoms with Gasteiger partial charge in [-0.2, -0.15) is 0 Å². The van der Waals surface area contributed by atoms with Crippen molar-refractivity contribution in [1.29, 1.82) is 0 Å². The first-order chi connectivity index (χ1) is 15.5. The van der Waals surface area contributed by atoms with Crippen LogP contribution < -0.4 is 20.3 Å². The summed E-state index contributed by atoms with van der Waals surface area (Å²) in [5, 5.41) is 6.22. The van der Waals surface area contributed by atoms with Crippen molar-refractivity contribution in [3.05, 3.63) is 57.6 Å². The molecule has 4 heterocycles. The molecule has 1 amide bonds. The molecule has 2 N–H and O–H groups in total. The molecule has 0 spiro atoms. The molecule has 3 aromatic rings. The molecule has 168 valence electrons. The lowest BCUT2D eigenvalue weighted by Gasteiger charge is -2.22. The van der Waals surface area contributed by atoms with Crippen molar-refractivity contribution in [3.8, 4) is 11.5 Å². The fraction of sp³-hybridized carbons (Fsp3) is 0.435. The molecule has 1 atom stereocenters. The number of hydrogen-bond acceptors (Lipinski definition) is 6. The molecule has 5 rings (SSSR count). The summed E-state index contributed by atoms with van der Waals surface area (Å²) in [4.78, 5) is 30.5. The van der Waals surface area contributed by atoms with Crippen molar-refractivity contribution in [2.75, 3.05) is 20.0 Å². The van der Waals surface area contributed by atoms with Crippen LogP contribution in [-0.4, -0.2) is 40.5 Å². The van der Waals surface area contributed by atoms with Gasteiger partial charge in [0.25, 0.3) is 11.5 Å². The summed E-state index contributed by atoms with van der Waals surface area (Å²) in [5.74, 6) is 1.25. The average Bonchev–Trinajstić information content (AvgIpc) is 3.44. The molecule has 1 saturated heterocycles. The van der Waals surface area contributed by atoms with Crippen molar-refractivity contribution in [1.82, 2.24) is 19.9 Å². The third-order valence-electron chi connectivity index (χ3n) is 6.06. The summed E-state index contributed by atoms with van der Waals surface area (Å²) in [7, 11) is 0. The lowest BCUT2D eigenvalue weighted by Crippen LogP contribution is -2.33. The summed E-state index contributed by atoms with van der Waals surface area (Å²) in [6.07, 6.45) is 1.82. The Morgan fingerprint density at radius 2 is 1.94 bits per heavy atom. The highest BCUT2D eigenvalue weighted by Crippen LogP contribution is 2.33. The Morgan fingerprint density at radius 1 is 1.16 bits per heavy atom. The molecule has 1 fully saturated rings. The summed E-state index contributed by atoms with van der Waals surface area (Å²) in [6, 6.07) is 8.06. The molecule has 32 heavy (non-hydrogen) atoms. The Kier molecular flexibility index (Phi) is 5.34. The van der Waals surface area contributed by atoms with Crippen LogP contribution in [-0.2, 0) is 4.74 Å². The van der Waals surface area contributed by atoms with Gasteiger partial charge in [-0.15, -0.1) is 0 Å². The van der Waals surface area contributed by atoms with E-state index in [0.29, 0.717) is 34.3 Å². The molecule has 9 heteroatoms. The van der Waals surface area contributed by atoms with E-state index < -0.39 is 6.04 Å². The fourth-order valence-corrected chi connectivity index (χ4v) is 4.25. The summed E-state index contributed by atoms with van der Waals surface area (Å²) in [6.45, 7) is 5.55. The van der Waals surface area contributed by atoms with E-state index >= 15 is 0 Å². The van der Waals surface area contributed by atoms with Crippen LogP contribution in [0.15, 0.2) is 35.1 Å². The Hall–Kier alpha value is -3.33. The highest BCUT2D eigenvalue weighted by molar-refractivity contribution is 5.95. The molecular formula is C23H26N4O5. The minimum absolute atomic E-state index is 0.0243. The van der Waals surface area contributed by atoms with Crippen molar-refractivity contribution < 1.29 is 19.0 Å². The van der Waals surface area contributed by atoms with Crippen LogP contribution in [0.1, 0.15) is 60.4 Å². The zero-order valence-electron chi connectivity index (χ0n) is 18.1. The van der Waals surface area contributed by atoms with Crippen molar-refractivity contribution in [2.24, 2.45) is 5.92 Å². The van der Waals surface area contributed by atoms with E-state index in [4.69, 9.17) is 19.2 Å². The minimum Gasteiger partial charge on any atom is -0.454 e. The van der Waals surface area contributed by atoms with Gasteiger partial charge >= 0.3 is 0 Å². The van der Waals surface area contributed by atoms with Crippen molar-refractivity contribution in [2.45, 2.75) is 38.6 Å². The van der Waals surface area contributed by atoms with Crippen LogP contribution in [0.2, 0.25) is 0 Å². The molecule has 2 aliphatic heterocycles.